The first-order valence-electron chi connectivity index (χ1n) is 9.89. The third kappa shape index (κ3) is 4.40. The van der Waals surface area contributed by atoms with Crippen LogP contribution in [-0.4, -0.2) is 48.8 Å². The van der Waals surface area contributed by atoms with E-state index in [1.807, 2.05) is 11.8 Å². The van der Waals surface area contributed by atoms with E-state index in [0.717, 1.165) is 31.5 Å². The topological polar surface area (TPSA) is 96.2 Å². The minimum Gasteiger partial charge on any atom is -0.505 e. The molecular weight excluding hydrogens is 387 g/mol. The van der Waals surface area contributed by atoms with Crippen LogP contribution < -0.4 is 5.32 Å². The van der Waals surface area contributed by atoms with Crippen molar-refractivity contribution in [2.24, 2.45) is 0 Å². The number of carbonyl (C=O) groups excluding carboxylic acids is 1. The van der Waals surface area contributed by atoms with Gasteiger partial charge in [-0.2, -0.15) is 5.10 Å². The Balaban J connectivity index is 1.47. The lowest BCUT2D eigenvalue weighted by Gasteiger charge is -2.26. The molecule has 0 aliphatic carbocycles. The molecule has 8 nitrogen and oxygen atoms in total. The average molecular weight is 410 g/mol. The van der Waals surface area contributed by atoms with Crippen LogP contribution in [0.4, 0.5) is 16.0 Å². The summed E-state index contributed by atoms with van der Waals surface area (Å²) in [4.78, 5) is 23.0. The largest absolute Gasteiger partial charge is 0.505 e. The molecule has 0 radical (unpaired) electrons. The van der Waals surface area contributed by atoms with Gasteiger partial charge in [0.1, 0.15) is 6.54 Å². The summed E-state index contributed by atoms with van der Waals surface area (Å²) in [5, 5.41) is 16.7. The molecule has 156 valence electrons. The molecule has 0 spiro atoms. The van der Waals surface area contributed by atoms with Gasteiger partial charge in [0.25, 0.3) is 0 Å². The van der Waals surface area contributed by atoms with Gasteiger partial charge in [0, 0.05) is 31.0 Å². The zero-order chi connectivity index (χ0) is 21.1. The number of rotatable bonds is 5. The Morgan fingerprint density at radius 2 is 2.03 bits per heavy atom. The zero-order valence-electron chi connectivity index (χ0n) is 16.7. The normalized spacial score (nSPS) is 14.0. The van der Waals surface area contributed by atoms with Crippen molar-refractivity contribution >= 4 is 17.5 Å². The van der Waals surface area contributed by atoms with Crippen LogP contribution in [0.1, 0.15) is 24.8 Å². The molecule has 1 aromatic carbocycles. The number of carbonyl (C=O) groups is 1. The minimum atomic E-state index is -0.709. The molecule has 1 aliphatic heterocycles. The van der Waals surface area contributed by atoms with Crippen molar-refractivity contribution in [1.82, 2.24) is 24.6 Å². The summed E-state index contributed by atoms with van der Waals surface area (Å²) in [7, 11) is 0. The molecule has 2 aromatic heterocycles. The van der Waals surface area contributed by atoms with E-state index in [4.69, 9.17) is 0 Å². The molecule has 1 saturated heterocycles. The molecule has 0 bridgehead atoms. The lowest BCUT2D eigenvalue weighted by atomic mass is 10.1. The second-order valence-corrected chi connectivity index (χ2v) is 7.38. The Hall–Kier alpha value is -3.49. The first-order valence-corrected chi connectivity index (χ1v) is 9.89. The van der Waals surface area contributed by atoms with Gasteiger partial charge < -0.3 is 15.3 Å². The molecular formula is C21H23FN6O2. The summed E-state index contributed by atoms with van der Waals surface area (Å²) in [6.07, 6.45) is 8.25. The van der Waals surface area contributed by atoms with Gasteiger partial charge in [-0.15, -0.1) is 0 Å². The number of piperidine rings is 1. The second-order valence-electron chi connectivity index (χ2n) is 7.38. The number of hydrogen-bond donors (Lipinski definition) is 2. The first kappa shape index (κ1) is 19.8. The molecule has 1 fully saturated rings. The Kier molecular flexibility index (Phi) is 5.60. The van der Waals surface area contributed by atoms with Crippen LogP contribution in [0.15, 0.2) is 36.8 Å². The van der Waals surface area contributed by atoms with Crippen molar-refractivity contribution in [2.75, 3.05) is 18.4 Å². The van der Waals surface area contributed by atoms with E-state index in [1.54, 1.807) is 29.3 Å². The van der Waals surface area contributed by atoms with Crippen molar-refractivity contribution in [3.63, 3.8) is 0 Å². The molecule has 2 N–H and O–H groups in total. The van der Waals surface area contributed by atoms with Crippen molar-refractivity contribution in [2.45, 2.75) is 32.7 Å². The van der Waals surface area contributed by atoms with E-state index in [1.165, 1.54) is 18.6 Å². The Labute approximate surface area is 173 Å². The number of hydrogen-bond acceptors (Lipinski definition) is 6. The number of phenolic OH excluding ortho intramolecular Hbond substituents is 1. The van der Waals surface area contributed by atoms with Crippen LogP contribution in [0.25, 0.3) is 11.3 Å². The number of halogens is 1. The predicted octanol–water partition coefficient (Wildman–Crippen LogP) is 3.25. The summed E-state index contributed by atoms with van der Waals surface area (Å²) >= 11 is 0. The fraction of sp³-hybridized carbons (Fsp3) is 0.333. The van der Waals surface area contributed by atoms with Gasteiger partial charge in [-0.1, -0.05) is 0 Å². The van der Waals surface area contributed by atoms with Gasteiger partial charge in [-0.05, 0) is 49.9 Å². The second kappa shape index (κ2) is 8.48. The molecule has 3 aromatic rings. The maximum absolute atomic E-state index is 13.7. The molecule has 0 unspecified atom stereocenters. The van der Waals surface area contributed by atoms with Gasteiger partial charge in [-0.25, -0.2) is 14.4 Å². The summed E-state index contributed by atoms with van der Waals surface area (Å²) in [6, 6.07) is 4.13. The van der Waals surface area contributed by atoms with Gasteiger partial charge in [-0.3, -0.25) is 9.48 Å². The standard InChI is InChI=1S/C21H23FN6O2/c1-14-10-23-21(26-20(14)15-5-6-18(29)17(22)9-15)25-16-11-24-28(12-16)13-19(30)27-7-3-2-4-8-27/h5-6,9-12,29H,2-4,7-8,13H2,1H3,(H,23,25,26). The van der Waals surface area contributed by atoms with E-state index in [0.29, 0.717) is 22.9 Å². The van der Waals surface area contributed by atoms with E-state index >= 15 is 0 Å². The number of aromatic hydroxyl groups is 1. The zero-order valence-corrected chi connectivity index (χ0v) is 16.7. The number of aryl methyl sites for hydroxylation is 1. The smallest absolute Gasteiger partial charge is 0.244 e. The average Bonchev–Trinajstić information content (AvgIpc) is 3.19. The molecule has 9 heteroatoms. The number of nitrogens with zero attached hydrogens (tertiary/aromatic N) is 5. The van der Waals surface area contributed by atoms with Gasteiger partial charge in [0.2, 0.25) is 11.9 Å². The number of likely N-dealkylation sites (tertiary alicyclic amines) is 1. The van der Waals surface area contributed by atoms with Crippen LogP contribution in [-0.2, 0) is 11.3 Å². The fourth-order valence-corrected chi connectivity index (χ4v) is 3.47. The molecule has 1 aliphatic rings. The number of amides is 1. The lowest BCUT2D eigenvalue weighted by molar-refractivity contribution is -0.132. The van der Waals surface area contributed by atoms with Crippen LogP contribution in [0.5, 0.6) is 5.75 Å². The maximum atomic E-state index is 13.7. The van der Waals surface area contributed by atoms with Crippen LogP contribution >= 0.6 is 0 Å². The highest BCUT2D eigenvalue weighted by Gasteiger charge is 2.17. The Morgan fingerprint density at radius 1 is 1.23 bits per heavy atom. The number of nitrogens with one attached hydrogen (secondary N) is 1. The van der Waals surface area contributed by atoms with Gasteiger partial charge in [0.05, 0.1) is 17.6 Å². The highest BCUT2D eigenvalue weighted by atomic mass is 19.1. The van der Waals surface area contributed by atoms with Crippen LogP contribution in [0, 0.1) is 12.7 Å². The molecule has 4 rings (SSSR count). The highest BCUT2D eigenvalue weighted by Crippen LogP contribution is 2.27. The summed E-state index contributed by atoms with van der Waals surface area (Å²) in [5.74, 6) is -0.728. The maximum Gasteiger partial charge on any atom is 0.244 e. The Morgan fingerprint density at radius 3 is 2.80 bits per heavy atom. The van der Waals surface area contributed by atoms with Crippen molar-refractivity contribution in [3.05, 3.63) is 48.2 Å². The monoisotopic (exact) mass is 410 g/mol. The number of phenols is 1. The first-order chi connectivity index (χ1) is 14.5. The van der Waals surface area contributed by atoms with E-state index in [9.17, 15) is 14.3 Å². The van der Waals surface area contributed by atoms with E-state index in [2.05, 4.69) is 20.4 Å². The number of anilines is 2. The molecule has 3 heterocycles. The van der Waals surface area contributed by atoms with E-state index in [-0.39, 0.29) is 12.5 Å². The van der Waals surface area contributed by atoms with Crippen LogP contribution in [0.3, 0.4) is 0 Å². The molecule has 0 atom stereocenters. The molecule has 0 saturated carbocycles. The fourth-order valence-electron chi connectivity index (χ4n) is 3.47. The van der Waals surface area contributed by atoms with Crippen LogP contribution in [0.2, 0.25) is 0 Å². The summed E-state index contributed by atoms with van der Waals surface area (Å²) < 4.78 is 15.3. The summed E-state index contributed by atoms with van der Waals surface area (Å²) in [6.45, 7) is 3.63. The lowest BCUT2D eigenvalue weighted by Crippen LogP contribution is -2.37. The summed E-state index contributed by atoms with van der Waals surface area (Å²) in [5.41, 5.74) is 2.51. The number of aromatic nitrogens is 4. The van der Waals surface area contributed by atoms with Crippen molar-refractivity contribution in [3.8, 4) is 17.0 Å². The highest BCUT2D eigenvalue weighted by molar-refractivity contribution is 5.76. The number of benzene rings is 1. The van der Waals surface area contributed by atoms with Crippen molar-refractivity contribution < 1.29 is 14.3 Å². The minimum absolute atomic E-state index is 0.0626. The Bertz CT molecular complexity index is 1060. The predicted molar refractivity (Wildman–Crippen MR) is 110 cm³/mol. The SMILES string of the molecule is Cc1cnc(Nc2cnn(CC(=O)N3CCCCC3)c2)nc1-c1ccc(O)c(F)c1. The third-order valence-corrected chi connectivity index (χ3v) is 5.09. The quantitative estimate of drug-likeness (QED) is 0.670. The molecule has 30 heavy (non-hydrogen) atoms. The van der Waals surface area contributed by atoms with Gasteiger partial charge >= 0.3 is 0 Å². The van der Waals surface area contributed by atoms with E-state index < -0.39 is 11.6 Å². The third-order valence-electron chi connectivity index (χ3n) is 5.09. The molecule has 1 amide bonds. The van der Waals surface area contributed by atoms with Crippen molar-refractivity contribution in [1.29, 1.82) is 0 Å². The van der Waals surface area contributed by atoms with Gasteiger partial charge in [0.15, 0.2) is 11.6 Å².